The minimum atomic E-state index is -0.493. The van der Waals surface area contributed by atoms with Gasteiger partial charge in [0.25, 0.3) is 0 Å². The van der Waals surface area contributed by atoms with Crippen LogP contribution in [0.25, 0.3) is 22.0 Å². The Balaban J connectivity index is 1.52. The number of nitrogens with zero attached hydrogens (tertiary/aromatic N) is 1. The molecule has 3 aromatic carbocycles. The minimum absolute atomic E-state index is 0.151. The van der Waals surface area contributed by atoms with Crippen LogP contribution in [0.2, 0.25) is 0 Å². The van der Waals surface area contributed by atoms with Crippen LogP contribution in [0.5, 0.6) is 0 Å². The van der Waals surface area contributed by atoms with Gasteiger partial charge in [0.1, 0.15) is 0 Å². The Morgan fingerprint density at radius 3 is 2.64 bits per heavy atom. The zero-order chi connectivity index (χ0) is 19.7. The van der Waals surface area contributed by atoms with E-state index in [0.29, 0.717) is 5.69 Å². The molecule has 28 heavy (non-hydrogen) atoms. The van der Waals surface area contributed by atoms with Crippen molar-refractivity contribution in [1.82, 2.24) is 10.2 Å². The van der Waals surface area contributed by atoms with E-state index in [0.717, 1.165) is 32.1 Å². The fourth-order valence-electron chi connectivity index (χ4n) is 3.09. The van der Waals surface area contributed by atoms with Crippen molar-refractivity contribution in [2.24, 2.45) is 0 Å². The zero-order valence-electron chi connectivity index (χ0n) is 15.1. The van der Waals surface area contributed by atoms with E-state index in [-0.39, 0.29) is 5.69 Å². The molecule has 0 saturated carbocycles. The predicted molar refractivity (Wildman–Crippen MR) is 113 cm³/mol. The molecule has 4 aromatic rings. The Morgan fingerprint density at radius 2 is 1.86 bits per heavy atom. The Hall–Kier alpha value is -3.11. The van der Waals surface area contributed by atoms with Crippen LogP contribution >= 0.6 is 0 Å². The molecule has 1 atom stereocenters. The number of rotatable bonds is 3. The number of nitrogens with one attached hydrogen (secondary N) is 3. The van der Waals surface area contributed by atoms with E-state index in [1.807, 2.05) is 43.3 Å². The first-order valence-corrected chi connectivity index (χ1v) is 9.89. The summed E-state index contributed by atoms with van der Waals surface area (Å²) >= 11 is 1.46. The second-order valence-electron chi connectivity index (χ2n) is 6.48. The number of benzene rings is 3. The van der Waals surface area contributed by atoms with Gasteiger partial charge in [-0.2, -0.15) is 0 Å². The average molecular weight is 436 g/mol. The average Bonchev–Trinajstić information content (AvgIpc) is 3.07. The van der Waals surface area contributed by atoms with Crippen LogP contribution in [0.15, 0.2) is 60.7 Å². The molecular weight excluding hydrogens is 418 g/mol. The molecule has 0 spiro atoms. The third-order valence-corrected chi connectivity index (χ3v) is 5.32. The molecule has 140 valence electrons. The number of halogens is 1. The van der Waals surface area contributed by atoms with Crippen molar-refractivity contribution in [3.05, 3.63) is 72.0 Å². The normalized spacial score (nSPS) is 10.8. The van der Waals surface area contributed by atoms with Gasteiger partial charge in [-0.25, -0.2) is 4.39 Å². The maximum atomic E-state index is 13.8. The quantitative estimate of drug-likeness (QED) is 0.430. The van der Waals surface area contributed by atoms with Crippen molar-refractivity contribution in [2.45, 2.75) is 6.92 Å². The second-order valence-corrected chi connectivity index (χ2v) is 7.62. The number of urea groups is 1. The summed E-state index contributed by atoms with van der Waals surface area (Å²) in [6.07, 6.45) is 0. The van der Waals surface area contributed by atoms with Gasteiger partial charge in [-0.3, -0.25) is 0 Å². The third kappa shape index (κ3) is 3.64. The molecular formula is C21H18AsFN4O. The van der Waals surface area contributed by atoms with Crippen LogP contribution in [0.4, 0.5) is 20.6 Å². The maximum absolute atomic E-state index is 13.8. The van der Waals surface area contributed by atoms with E-state index in [1.165, 1.54) is 22.9 Å². The molecule has 0 fully saturated rings. The molecule has 1 unspecified atom stereocenters. The van der Waals surface area contributed by atoms with Crippen molar-refractivity contribution < 1.29 is 9.18 Å². The van der Waals surface area contributed by atoms with Crippen molar-refractivity contribution >= 4 is 49.6 Å². The Kier molecular flexibility index (Phi) is 4.88. The Labute approximate surface area is 169 Å². The molecule has 2 amide bonds. The number of aromatic nitrogens is 2. The van der Waals surface area contributed by atoms with E-state index < -0.39 is 11.8 Å². The number of carbonyl (C=O) groups excluding carboxylic acids is 1. The first kappa shape index (κ1) is 18.3. The molecule has 7 heteroatoms. The van der Waals surface area contributed by atoms with Crippen LogP contribution in [0.1, 0.15) is 5.56 Å². The molecule has 0 aliphatic carbocycles. The molecule has 4 rings (SSSR count). The van der Waals surface area contributed by atoms with Gasteiger partial charge >= 0.3 is 141 Å². The first-order chi connectivity index (χ1) is 13.5. The topological polar surface area (TPSA) is 69.8 Å². The number of anilines is 2. The number of fused-ring (bicyclic) bond motifs is 1. The molecule has 5 nitrogen and oxygen atoms in total. The number of amides is 2. The number of hydrogen-bond donors (Lipinski definition) is 3. The fraction of sp³-hybridized carbons (Fsp3) is 0.0476. The summed E-state index contributed by atoms with van der Waals surface area (Å²) < 4.78 is 14.8. The van der Waals surface area contributed by atoms with Crippen molar-refractivity contribution in [3.8, 4) is 11.1 Å². The molecule has 0 saturated heterocycles. The van der Waals surface area contributed by atoms with Gasteiger partial charge in [0.2, 0.25) is 0 Å². The Bertz CT molecular complexity index is 1170. The summed E-state index contributed by atoms with van der Waals surface area (Å²) in [5.41, 5.74) is 4.75. The summed E-state index contributed by atoms with van der Waals surface area (Å²) in [5.74, 6) is -0.471. The summed E-state index contributed by atoms with van der Waals surface area (Å²) in [4.78, 5) is 12.2. The summed E-state index contributed by atoms with van der Waals surface area (Å²) in [7, 11) is 0. The van der Waals surface area contributed by atoms with Crippen LogP contribution in [-0.4, -0.2) is 33.1 Å². The number of aryl methyl sites for hydroxylation is 1. The SMILES string of the molecule is Cc1ccc(F)c(NC(=O)Nc2ccc(-c3cccc4[nH]nc([AsH2])c34)cc2)c1. The van der Waals surface area contributed by atoms with Crippen molar-refractivity contribution in [2.75, 3.05) is 10.6 Å². The predicted octanol–water partition coefficient (Wildman–Crippen LogP) is 3.58. The number of H-pyrrole nitrogens is 1. The Morgan fingerprint density at radius 1 is 1.07 bits per heavy atom. The van der Waals surface area contributed by atoms with Gasteiger partial charge in [-0.05, 0) is 18.6 Å². The first-order valence-electron chi connectivity index (χ1n) is 8.68. The van der Waals surface area contributed by atoms with Gasteiger partial charge < -0.3 is 0 Å². The zero-order valence-corrected chi connectivity index (χ0v) is 17.5. The van der Waals surface area contributed by atoms with E-state index in [9.17, 15) is 9.18 Å². The standard InChI is InChI=1S/C21H18AsFN4O/c1-12-5-10-16(23)18(11-12)25-21(28)24-14-8-6-13(7-9-14)15-3-2-4-17-19(15)20(22)27-26-17/h2-11H,22H2,1H3,(H,26,27)(H2,24,25,28). The summed E-state index contributed by atoms with van der Waals surface area (Å²) in [6, 6.07) is 17.6. The van der Waals surface area contributed by atoms with Gasteiger partial charge in [0.05, 0.1) is 0 Å². The molecule has 1 aromatic heterocycles. The van der Waals surface area contributed by atoms with Crippen LogP contribution in [0.3, 0.4) is 0 Å². The van der Waals surface area contributed by atoms with Crippen LogP contribution in [0, 0.1) is 12.7 Å². The van der Waals surface area contributed by atoms with E-state index in [2.05, 4.69) is 26.9 Å². The van der Waals surface area contributed by atoms with Gasteiger partial charge in [0, 0.05) is 0 Å². The van der Waals surface area contributed by atoms with E-state index in [1.54, 1.807) is 12.1 Å². The third-order valence-electron chi connectivity index (χ3n) is 4.44. The molecule has 0 aliphatic rings. The van der Waals surface area contributed by atoms with Gasteiger partial charge in [0.15, 0.2) is 0 Å². The van der Waals surface area contributed by atoms with Crippen LogP contribution in [-0.2, 0) is 0 Å². The summed E-state index contributed by atoms with van der Waals surface area (Å²) in [6.45, 7) is 1.84. The summed E-state index contributed by atoms with van der Waals surface area (Å²) in [5, 5.41) is 13.7. The monoisotopic (exact) mass is 436 g/mol. The molecule has 0 aliphatic heterocycles. The number of hydrogen-bond acceptors (Lipinski definition) is 2. The molecule has 3 N–H and O–H groups in total. The van der Waals surface area contributed by atoms with Gasteiger partial charge in [-0.1, -0.05) is 6.07 Å². The van der Waals surface area contributed by atoms with Crippen LogP contribution < -0.4 is 15.1 Å². The van der Waals surface area contributed by atoms with Crippen molar-refractivity contribution in [3.63, 3.8) is 0 Å². The van der Waals surface area contributed by atoms with E-state index >= 15 is 0 Å². The molecule has 0 radical (unpaired) electrons. The second kappa shape index (κ2) is 7.49. The number of carbonyl (C=O) groups is 1. The van der Waals surface area contributed by atoms with E-state index in [4.69, 9.17) is 0 Å². The van der Waals surface area contributed by atoms with Crippen molar-refractivity contribution in [1.29, 1.82) is 0 Å². The fourth-order valence-corrected chi connectivity index (χ4v) is 3.88. The number of aromatic amines is 1. The molecule has 0 bridgehead atoms. The van der Waals surface area contributed by atoms with Gasteiger partial charge in [-0.15, -0.1) is 0 Å². The molecule has 1 heterocycles.